The van der Waals surface area contributed by atoms with E-state index in [1.165, 1.54) is 10.4 Å². The summed E-state index contributed by atoms with van der Waals surface area (Å²) in [7, 11) is 3.25. The van der Waals surface area contributed by atoms with E-state index in [1.807, 2.05) is 27.7 Å². The third-order valence-corrected chi connectivity index (χ3v) is 3.41. The van der Waals surface area contributed by atoms with Crippen LogP contribution in [0.3, 0.4) is 0 Å². The largest absolute Gasteiger partial charge is 0.347 e. The van der Waals surface area contributed by atoms with Crippen molar-refractivity contribution in [1.82, 2.24) is 21.0 Å². The number of carbonyl (C=O) groups excluding carboxylic acids is 3. The van der Waals surface area contributed by atoms with Crippen LogP contribution in [0, 0.1) is 5.41 Å². The molecule has 2 atom stereocenters. The molecule has 0 aromatic carbocycles. The number of nitrogens with one attached hydrogen (secondary N) is 3. The highest BCUT2D eigenvalue weighted by atomic mass is 16.5. The van der Waals surface area contributed by atoms with Gasteiger partial charge in [-0.25, -0.2) is 10.3 Å². The van der Waals surface area contributed by atoms with Crippen LogP contribution in [0.5, 0.6) is 0 Å². The minimum Gasteiger partial charge on any atom is -0.347 e. The number of amides is 4. The van der Waals surface area contributed by atoms with Crippen molar-refractivity contribution >= 4 is 17.8 Å². The van der Waals surface area contributed by atoms with E-state index in [9.17, 15) is 14.4 Å². The van der Waals surface area contributed by atoms with Gasteiger partial charge in [0.05, 0.1) is 0 Å². The van der Waals surface area contributed by atoms with Crippen LogP contribution >= 0.6 is 0 Å². The molecule has 0 heterocycles. The Morgan fingerprint density at radius 1 is 1.13 bits per heavy atom. The van der Waals surface area contributed by atoms with E-state index in [4.69, 9.17) is 5.21 Å². The van der Waals surface area contributed by atoms with Crippen LogP contribution < -0.4 is 16.1 Å². The van der Waals surface area contributed by atoms with E-state index < -0.39 is 29.4 Å². The molecule has 0 aromatic heterocycles. The second-order valence-corrected chi connectivity index (χ2v) is 6.82. The van der Waals surface area contributed by atoms with E-state index >= 15 is 0 Å². The molecular weight excluding hydrogens is 300 g/mol. The molecule has 0 saturated carbocycles. The average molecular weight is 330 g/mol. The zero-order chi connectivity index (χ0) is 18.2. The average Bonchev–Trinajstić information content (AvgIpc) is 2.46. The van der Waals surface area contributed by atoms with E-state index in [2.05, 4.69) is 10.6 Å². The Balaban J connectivity index is 5.15. The first-order valence-corrected chi connectivity index (χ1v) is 7.76. The van der Waals surface area contributed by atoms with Gasteiger partial charge in [0.1, 0.15) is 12.1 Å². The third kappa shape index (κ3) is 7.32. The number of rotatable bonds is 7. The summed E-state index contributed by atoms with van der Waals surface area (Å²) in [5.41, 5.74) is 0.965. The van der Waals surface area contributed by atoms with Crippen LogP contribution in [0.1, 0.15) is 47.0 Å². The van der Waals surface area contributed by atoms with Crippen LogP contribution in [0.15, 0.2) is 0 Å². The lowest BCUT2D eigenvalue weighted by Crippen LogP contribution is -2.58. The maximum Gasteiger partial charge on any atom is 0.339 e. The van der Waals surface area contributed by atoms with Crippen molar-refractivity contribution in [1.29, 1.82) is 0 Å². The summed E-state index contributed by atoms with van der Waals surface area (Å²) >= 11 is 0. The summed E-state index contributed by atoms with van der Waals surface area (Å²) in [4.78, 5) is 37.5. The maximum absolute atomic E-state index is 12.5. The predicted molar refractivity (Wildman–Crippen MR) is 86.8 cm³/mol. The maximum atomic E-state index is 12.5. The quantitative estimate of drug-likeness (QED) is 0.410. The fourth-order valence-corrected chi connectivity index (χ4v) is 2.02. The van der Waals surface area contributed by atoms with Crippen LogP contribution in [0.4, 0.5) is 4.79 Å². The van der Waals surface area contributed by atoms with E-state index in [1.54, 1.807) is 14.1 Å². The molecule has 0 aliphatic rings. The highest BCUT2D eigenvalue weighted by Crippen LogP contribution is 2.21. The molecule has 4 N–H and O–H groups in total. The molecule has 0 spiro atoms. The number of hydrogen-bond acceptors (Lipinski definition) is 4. The van der Waals surface area contributed by atoms with E-state index in [-0.39, 0.29) is 5.91 Å². The molecule has 0 rings (SSSR count). The Morgan fingerprint density at radius 2 is 1.70 bits per heavy atom. The van der Waals surface area contributed by atoms with Crippen LogP contribution in [-0.4, -0.2) is 54.1 Å². The summed E-state index contributed by atoms with van der Waals surface area (Å²) in [6.07, 6.45) is 2.00. The second kappa shape index (κ2) is 9.34. The van der Waals surface area contributed by atoms with Crippen LogP contribution in [-0.2, 0) is 9.59 Å². The topological polar surface area (TPSA) is 111 Å². The molecule has 0 radical (unpaired) electrons. The number of unbranched alkanes of at least 4 members (excludes halogenated alkanes) is 1. The van der Waals surface area contributed by atoms with Gasteiger partial charge in [-0.3, -0.25) is 14.8 Å². The van der Waals surface area contributed by atoms with Crippen molar-refractivity contribution in [3.63, 3.8) is 0 Å². The van der Waals surface area contributed by atoms with Crippen molar-refractivity contribution in [2.24, 2.45) is 5.41 Å². The Kier molecular flexibility index (Phi) is 8.60. The van der Waals surface area contributed by atoms with Gasteiger partial charge in [0.25, 0.3) is 0 Å². The second-order valence-electron chi connectivity index (χ2n) is 6.82. The first kappa shape index (κ1) is 21.2. The minimum absolute atomic E-state index is 0.216. The molecular formula is C15H30N4O4. The zero-order valence-corrected chi connectivity index (χ0v) is 14.9. The first-order chi connectivity index (χ1) is 10.5. The van der Waals surface area contributed by atoms with Gasteiger partial charge >= 0.3 is 6.03 Å². The monoisotopic (exact) mass is 330 g/mol. The van der Waals surface area contributed by atoms with E-state index in [0.717, 1.165) is 12.8 Å². The fourth-order valence-electron chi connectivity index (χ4n) is 2.02. The molecule has 8 heteroatoms. The van der Waals surface area contributed by atoms with Crippen LogP contribution in [0.25, 0.3) is 0 Å². The van der Waals surface area contributed by atoms with Gasteiger partial charge in [-0.2, -0.15) is 0 Å². The van der Waals surface area contributed by atoms with Gasteiger partial charge in [0.2, 0.25) is 11.8 Å². The minimum atomic E-state index is -0.854. The summed E-state index contributed by atoms with van der Waals surface area (Å²) in [5.74, 6) is -0.663. The Hall–Kier alpha value is -1.83. The van der Waals surface area contributed by atoms with Gasteiger partial charge in [-0.15, -0.1) is 0 Å². The van der Waals surface area contributed by atoms with Gasteiger partial charge in [-0.1, -0.05) is 40.5 Å². The van der Waals surface area contributed by atoms with E-state index in [0.29, 0.717) is 6.42 Å². The molecule has 0 aliphatic heterocycles. The normalized spacial score (nSPS) is 13.7. The zero-order valence-electron chi connectivity index (χ0n) is 14.9. The van der Waals surface area contributed by atoms with Crippen molar-refractivity contribution < 1.29 is 19.6 Å². The Morgan fingerprint density at radius 3 is 2.09 bits per heavy atom. The van der Waals surface area contributed by atoms with Crippen LogP contribution in [0.2, 0.25) is 0 Å². The van der Waals surface area contributed by atoms with Gasteiger partial charge in [0.15, 0.2) is 0 Å². The van der Waals surface area contributed by atoms with Gasteiger partial charge in [0, 0.05) is 14.1 Å². The fraction of sp³-hybridized carbons (Fsp3) is 0.800. The molecule has 134 valence electrons. The molecule has 8 nitrogen and oxygen atoms in total. The lowest BCUT2D eigenvalue weighted by Gasteiger charge is -2.33. The SMILES string of the molecule is CCCC[C@H](NC(=O)NO)C(=O)N[C@H](C(=O)N(C)C)C(C)(C)C. The molecule has 0 saturated heterocycles. The highest BCUT2D eigenvalue weighted by molar-refractivity contribution is 5.92. The van der Waals surface area contributed by atoms with Crippen molar-refractivity contribution in [3.05, 3.63) is 0 Å². The molecule has 0 fully saturated rings. The molecule has 0 unspecified atom stereocenters. The lowest BCUT2D eigenvalue weighted by molar-refractivity contribution is -0.137. The number of carbonyl (C=O) groups is 3. The number of hydrogen-bond donors (Lipinski definition) is 4. The molecule has 0 bridgehead atoms. The molecule has 0 aromatic rings. The summed E-state index contributed by atoms with van der Waals surface area (Å²) in [5, 5.41) is 13.7. The summed E-state index contributed by atoms with van der Waals surface area (Å²) in [6, 6.07) is -2.39. The lowest BCUT2D eigenvalue weighted by atomic mass is 9.85. The standard InChI is InChI=1S/C15H30N4O4/c1-7-8-9-10(16-14(22)18-23)12(20)17-11(15(2,3)4)13(21)19(5)6/h10-11,23H,7-9H2,1-6H3,(H,17,20)(H2,16,18,22)/t10-,11+/m0/s1. The number of likely N-dealkylation sites (N-methyl/N-ethyl adjacent to an activating group) is 1. The van der Waals surface area contributed by atoms with Crippen molar-refractivity contribution in [2.75, 3.05) is 14.1 Å². The summed E-state index contributed by atoms with van der Waals surface area (Å²) in [6.45, 7) is 7.53. The predicted octanol–water partition coefficient (Wildman–Crippen LogP) is 0.853. The Bertz CT molecular complexity index is 418. The Labute approximate surface area is 137 Å². The summed E-state index contributed by atoms with van der Waals surface area (Å²) < 4.78 is 0. The van der Waals surface area contributed by atoms with Gasteiger partial charge < -0.3 is 15.5 Å². The molecule has 4 amide bonds. The molecule has 0 aliphatic carbocycles. The third-order valence-electron chi connectivity index (χ3n) is 3.41. The van der Waals surface area contributed by atoms with Gasteiger partial charge in [-0.05, 0) is 11.8 Å². The molecule has 23 heavy (non-hydrogen) atoms. The number of urea groups is 1. The number of hydroxylamine groups is 1. The first-order valence-electron chi connectivity index (χ1n) is 7.76. The highest BCUT2D eigenvalue weighted by Gasteiger charge is 2.35. The van der Waals surface area contributed by atoms with Crippen molar-refractivity contribution in [2.45, 2.75) is 59.0 Å². The number of nitrogens with zero attached hydrogens (tertiary/aromatic N) is 1. The smallest absolute Gasteiger partial charge is 0.339 e. The van der Waals surface area contributed by atoms with Crippen molar-refractivity contribution in [3.8, 4) is 0 Å².